The molecule has 0 aliphatic carbocycles. The predicted molar refractivity (Wildman–Crippen MR) is 83.6 cm³/mol. The number of benzene rings is 1. The topological polar surface area (TPSA) is 67.2 Å². The Morgan fingerprint density at radius 3 is 2.64 bits per heavy atom. The first kappa shape index (κ1) is 16.4. The highest BCUT2D eigenvalue weighted by Crippen LogP contribution is 2.14. The van der Waals surface area contributed by atoms with E-state index in [1.807, 2.05) is 6.92 Å². The minimum atomic E-state index is -3.59. The molecule has 2 rings (SSSR count). The van der Waals surface area contributed by atoms with E-state index in [0.717, 1.165) is 12.8 Å². The molecule has 0 saturated carbocycles. The molecule has 0 amide bonds. The van der Waals surface area contributed by atoms with Crippen LogP contribution in [0.1, 0.15) is 19.8 Å². The van der Waals surface area contributed by atoms with Gasteiger partial charge < -0.3 is 0 Å². The number of aromatic nitrogens is 2. The third kappa shape index (κ3) is 4.05. The maximum Gasteiger partial charge on any atom is 0.301 e. The SMILES string of the molecule is CCCCN(C)S(=O)(=O)Nc1cnn(-c2ccc(F)cc2)c1. The van der Waals surface area contributed by atoms with Crippen molar-refractivity contribution in [2.24, 2.45) is 0 Å². The van der Waals surface area contributed by atoms with Gasteiger partial charge >= 0.3 is 10.2 Å². The van der Waals surface area contributed by atoms with Crippen molar-refractivity contribution in [3.05, 3.63) is 42.5 Å². The van der Waals surface area contributed by atoms with Crippen molar-refractivity contribution in [3.8, 4) is 5.69 Å². The van der Waals surface area contributed by atoms with Gasteiger partial charge in [0.25, 0.3) is 0 Å². The second kappa shape index (κ2) is 6.89. The molecule has 0 radical (unpaired) electrons. The molecule has 22 heavy (non-hydrogen) atoms. The summed E-state index contributed by atoms with van der Waals surface area (Å²) in [4.78, 5) is 0. The lowest BCUT2D eigenvalue weighted by Crippen LogP contribution is -2.33. The van der Waals surface area contributed by atoms with Crippen molar-refractivity contribution in [1.82, 2.24) is 14.1 Å². The van der Waals surface area contributed by atoms with E-state index in [1.54, 1.807) is 18.3 Å². The zero-order chi connectivity index (χ0) is 16.2. The van der Waals surface area contributed by atoms with Crippen LogP contribution in [-0.4, -0.2) is 36.1 Å². The first-order valence-corrected chi connectivity index (χ1v) is 8.41. The van der Waals surface area contributed by atoms with Gasteiger partial charge in [0.05, 0.1) is 23.8 Å². The minimum absolute atomic E-state index is 0.339. The summed E-state index contributed by atoms with van der Waals surface area (Å²) in [5.74, 6) is -0.339. The van der Waals surface area contributed by atoms with Crippen molar-refractivity contribution in [1.29, 1.82) is 0 Å². The van der Waals surface area contributed by atoms with E-state index in [-0.39, 0.29) is 5.82 Å². The second-order valence-electron chi connectivity index (χ2n) is 4.93. The van der Waals surface area contributed by atoms with Crippen LogP contribution >= 0.6 is 0 Å². The summed E-state index contributed by atoms with van der Waals surface area (Å²) in [7, 11) is -2.06. The molecule has 1 N–H and O–H groups in total. The summed E-state index contributed by atoms with van der Waals surface area (Å²) >= 11 is 0. The number of nitrogens with zero attached hydrogens (tertiary/aromatic N) is 3. The van der Waals surface area contributed by atoms with Crippen molar-refractivity contribution in [3.63, 3.8) is 0 Å². The van der Waals surface area contributed by atoms with Crippen LogP contribution in [0.4, 0.5) is 10.1 Å². The van der Waals surface area contributed by atoms with Gasteiger partial charge in [-0.1, -0.05) is 13.3 Å². The highest BCUT2D eigenvalue weighted by molar-refractivity contribution is 7.90. The van der Waals surface area contributed by atoms with Gasteiger partial charge in [0.1, 0.15) is 5.82 Å². The third-order valence-corrected chi connectivity index (χ3v) is 4.65. The van der Waals surface area contributed by atoms with Crippen molar-refractivity contribution < 1.29 is 12.8 Å². The second-order valence-corrected chi connectivity index (χ2v) is 6.71. The summed E-state index contributed by atoms with van der Waals surface area (Å²) in [6, 6.07) is 5.76. The van der Waals surface area contributed by atoms with Gasteiger partial charge in [-0.3, -0.25) is 4.72 Å². The fourth-order valence-corrected chi connectivity index (χ4v) is 2.77. The van der Waals surface area contributed by atoms with Gasteiger partial charge in [-0.25, -0.2) is 9.07 Å². The molecule has 8 heteroatoms. The fraction of sp³-hybridized carbons (Fsp3) is 0.357. The molecule has 6 nitrogen and oxygen atoms in total. The number of anilines is 1. The van der Waals surface area contributed by atoms with E-state index in [9.17, 15) is 12.8 Å². The quantitative estimate of drug-likeness (QED) is 0.849. The minimum Gasteiger partial charge on any atom is -0.268 e. The summed E-state index contributed by atoms with van der Waals surface area (Å²) < 4.78 is 42.4. The number of unbranched alkanes of at least 4 members (excludes halogenated alkanes) is 1. The van der Waals surface area contributed by atoms with Crippen LogP contribution in [0.2, 0.25) is 0 Å². The van der Waals surface area contributed by atoms with Crippen LogP contribution in [0.3, 0.4) is 0 Å². The average Bonchev–Trinajstić information content (AvgIpc) is 2.93. The highest BCUT2D eigenvalue weighted by atomic mass is 32.2. The van der Waals surface area contributed by atoms with E-state index in [2.05, 4.69) is 9.82 Å². The molecule has 0 saturated heterocycles. The molecule has 0 atom stereocenters. The molecule has 0 unspecified atom stereocenters. The zero-order valence-corrected chi connectivity index (χ0v) is 13.3. The average molecular weight is 326 g/mol. The zero-order valence-electron chi connectivity index (χ0n) is 12.5. The van der Waals surface area contributed by atoms with Crippen molar-refractivity contribution in [2.45, 2.75) is 19.8 Å². The van der Waals surface area contributed by atoms with Gasteiger partial charge in [-0.15, -0.1) is 0 Å². The normalized spacial score (nSPS) is 11.8. The summed E-state index contributed by atoms with van der Waals surface area (Å²) in [6.07, 6.45) is 4.67. The third-order valence-electron chi connectivity index (χ3n) is 3.16. The number of hydrogen-bond acceptors (Lipinski definition) is 3. The maximum atomic E-state index is 12.9. The Hall–Kier alpha value is -1.93. The van der Waals surface area contributed by atoms with Crippen molar-refractivity contribution >= 4 is 15.9 Å². The monoisotopic (exact) mass is 326 g/mol. The van der Waals surface area contributed by atoms with Crippen LogP contribution in [0.15, 0.2) is 36.7 Å². The molecule has 0 aliphatic heterocycles. The largest absolute Gasteiger partial charge is 0.301 e. The van der Waals surface area contributed by atoms with Crippen LogP contribution < -0.4 is 4.72 Å². The molecule has 1 aromatic heterocycles. The van der Waals surface area contributed by atoms with Crippen LogP contribution in [-0.2, 0) is 10.2 Å². The molecule has 1 heterocycles. The number of rotatable bonds is 7. The maximum absolute atomic E-state index is 12.9. The van der Waals surface area contributed by atoms with E-state index >= 15 is 0 Å². The molecule has 120 valence electrons. The molecule has 0 spiro atoms. The molecule has 0 bridgehead atoms. The predicted octanol–water partition coefficient (Wildman–Crippen LogP) is 2.40. The molecule has 2 aromatic rings. The number of halogens is 1. The van der Waals surface area contributed by atoms with E-state index in [0.29, 0.717) is 17.9 Å². The van der Waals surface area contributed by atoms with Crippen LogP contribution in [0.25, 0.3) is 5.69 Å². The summed E-state index contributed by atoms with van der Waals surface area (Å²) in [6.45, 7) is 2.46. The first-order valence-electron chi connectivity index (χ1n) is 6.97. The Morgan fingerprint density at radius 2 is 2.00 bits per heavy atom. The van der Waals surface area contributed by atoms with Gasteiger partial charge in [0.2, 0.25) is 0 Å². The number of hydrogen-bond donors (Lipinski definition) is 1. The molecular formula is C14H19FN4O2S. The van der Waals surface area contributed by atoms with Gasteiger partial charge in [0, 0.05) is 13.6 Å². The molecule has 0 fully saturated rings. The lowest BCUT2D eigenvalue weighted by molar-refractivity contribution is 0.463. The molecule has 0 aliphatic rings. The summed E-state index contributed by atoms with van der Waals surface area (Å²) in [5, 5.41) is 4.07. The van der Waals surface area contributed by atoms with Crippen LogP contribution in [0.5, 0.6) is 0 Å². The van der Waals surface area contributed by atoms with Crippen LogP contribution in [0, 0.1) is 5.82 Å². The smallest absolute Gasteiger partial charge is 0.268 e. The fourth-order valence-electron chi connectivity index (χ4n) is 1.84. The highest BCUT2D eigenvalue weighted by Gasteiger charge is 2.17. The first-order chi connectivity index (χ1) is 10.4. The Kier molecular flexibility index (Phi) is 5.15. The van der Waals surface area contributed by atoms with Gasteiger partial charge in [0.15, 0.2) is 0 Å². The molecular weight excluding hydrogens is 307 g/mol. The van der Waals surface area contributed by atoms with Gasteiger partial charge in [-0.05, 0) is 30.7 Å². The van der Waals surface area contributed by atoms with E-state index in [4.69, 9.17) is 0 Å². The van der Waals surface area contributed by atoms with E-state index in [1.165, 1.54) is 34.4 Å². The Labute approximate surface area is 129 Å². The standard InChI is InChI=1S/C14H19FN4O2S/c1-3-4-9-18(2)22(20,21)17-13-10-16-19(11-13)14-7-5-12(15)6-8-14/h5-8,10-11,17H,3-4,9H2,1-2H3. The van der Waals surface area contributed by atoms with Crippen molar-refractivity contribution in [2.75, 3.05) is 18.3 Å². The molecule has 1 aromatic carbocycles. The Bertz CT molecular complexity index is 713. The Balaban J connectivity index is 2.10. The lowest BCUT2D eigenvalue weighted by Gasteiger charge is -2.16. The van der Waals surface area contributed by atoms with Gasteiger partial charge in [-0.2, -0.15) is 17.8 Å². The Morgan fingerprint density at radius 1 is 1.32 bits per heavy atom. The summed E-state index contributed by atoms with van der Waals surface area (Å²) in [5.41, 5.74) is 0.999. The van der Waals surface area contributed by atoms with E-state index < -0.39 is 10.2 Å². The number of nitrogens with one attached hydrogen (secondary N) is 1. The lowest BCUT2D eigenvalue weighted by atomic mass is 10.3.